The van der Waals surface area contributed by atoms with Gasteiger partial charge in [0.05, 0.1) is 22.1 Å². The van der Waals surface area contributed by atoms with Crippen LogP contribution in [-0.2, 0) is 5.41 Å². The van der Waals surface area contributed by atoms with Crippen molar-refractivity contribution in [2.24, 2.45) is 0 Å². The summed E-state index contributed by atoms with van der Waals surface area (Å²) in [5.41, 5.74) is 17.9. The second-order valence-electron chi connectivity index (χ2n) is 15.1. The number of hydrogen-bond acceptors (Lipinski definition) is 1. The van der Waals surface area contributed by atoms with E-state index < -0.39 is 5.41 Å². The topological polar surface area (TPSA) is 18.1 Å². The lowest BCUT2D eigenvalue weighted by Crippen LogP contribution is -2.25. The van der Waals surface area contributed by atoms with E-state index in [0.29, 0.717) is 0 Å². The quantitative estimate of drug-likeness (QED) is 0.176. The van der Waals surface area contributed by atoms with Gasteiger partial charge in [-0.05, 0) is 85.6 Å². The number of para-hydroxylation sites is 3. The standard InChI is InChI=1S/C53H31NO/c1-2-14-34-32(13-1)27-29-45-50(34)39-17-3-7-21-42(39)53(45)43-22-8-4-18-40(43)51-44(53)23-12-25-48(51)54-46-24-9-5-15-36(46)41-31-33(28-30-47(41)54)35-19-11-20-38-37-16-6-10-26-49(37)55-52(35)38/h1-31H. The third-order valence-electron chi connectivity index (χ3n) is 12.6. The predicted molar refractivity (Wildman–Crippen MR) is 227 cm³/mol. The van der Waals surface area contributed by atoms with Gasteiger partial charge in [-0.3, -0.25) is 0 Å². The third kappa shape index (κ3) is 3.60. The molecular weight excluding hydrogens is 667 g/mol. The molecule has 0 amide bonds. The molecule has 0 bridgehead atoms. The minimum Gasteiger partial charge on any atom is -0.455 e. The van der Waals surface area contributed by atoms with Gasteiger partial charge in [-0.2, -0.15) is 0 Å². The van der Waals surface area contributed by atoms with Crippen molar-refractivity contribution in [3.05, 3.63) is 210 Å². The molecule has 2 aliphatic carbocycles. The second kappa shape index (κ2) is 10.5. The molecular formula is C53H31NO. The zero-order valence-electron chi connectivity index (χ0n) is 29.8. The van der Waals surface area contributed by atoms with Crippen LogP contribution < -0.4 is 0 Å². The maximum atomic E-state index is 6.51. The van der Waals surface area contributed by atoms with Crippen LogP contribution in [0.1, 0.15) is 22.3 Å². The van der Waals surface area contributed by atoms with Crippen LogP contribution in [0, 0.1) is 0 Å². The van der Waals surface area contributed by atoms with Crippen LogP contribution in [0.3, 0.4) is 0 Å². The predicted octanol–water partition coefficient (Wildman–Crippen LogP) is 13.8. The first kappa shape index (κ1) is 29.3. The van der Waals surface area contributed by atoms with Crippen LogP contribution in [-0.4, -0.2) is 4.57 Å². The minimum atomic E-state index is -0.435. The van der Waals surface area contributed by atoms with E-state index in [9.17, 15) is 0 Å². The van der Waals surface area contributed by atoms with Crippen LogP contribution in [0.2, 0.25) is 0 Å². The van der Waals surface area contributed by atoms with E-state index >= 15 is 0 Å². The highest BCUT2D eigenvalue weighted by Crippen LogP contribution is 2.64. The molecule has 1 unspecified atom stereocenters. The van der Waals surface area contributed by atoms with E-state index in [-0.39, 0.29) is 0 Å². The minimum absolute atomic E-state index is 0.435. The van der Waals surface area contributed by atoms with Crippen molar-refractivity contribution in [3.8, 4) is 39.1 Å². The number of hydrogen-bond donors (Lipinski definition) is 0. The molecule has 254 valence electrons. The van der Waals surface area contributed by atoms with Gasteiger partial charge in [0.15, 0.2) is 0 Å². The molecule has 0 saturated heterocycles. The fraction of sp³-hybridized carbons (Fsp3) is 0.0189. The summed E-state index contributed by atoms with van der Waals surface area (Å²) in [6, 6.07) is 69.5. The average molecular weight is 698 g/mol. The van der Waals surface area contributed by atoms with Crippen LogP contribution in [0.15, 0.2) is 192 Å². The first-order chi connectivity index (χ1) is 27.3. The van der Waals surface area contributed by atoms with Gasteiger partial charge in [0.2, 0.25) is 0 Å². The van der Waals surface area contributed by atoms with Crippen molar-refractivity contribution >= 4 is 54.5 Å². The number of benzene rings is 9. The molecule has 0 saturated carbocycles. The Morgan fingerprint density at radius 1 is 0.382 bits per heavy atom. The molecule has 13 rings (SSSR count). The Morgan fingerprint density at radius 2 is 1.00 bits per heavy atom. The molecule has 0 aliphatic heterocycles. The Balaban J connectivity index is 1.10. The number of furan rings is 1. The average Bonchev–Trinajstić information content (AvgIpc) is 3.97. The maximum absolute atomic E-state index is 6.51. The van der Waals surface area contributed by atoms with Gasteiger partial charge < -0.3 is 8.98 Å². The molecule has 2 heterocycles. The molecule has 0 N–H and O–H groups in total. The smallest absolute Gasteiger partial charge is 0.143 e. The zero-order valence-corrected chi connectivity index (χ0v) is 29.8. The zero-order chi connectivity index (χ0) is 35.8. The molecule has 1 atom stereocenters. The summed E-state index contributed by atoms with van der Waals surface area (Å²) in [5, 5.41) is 7.33. The Labute approximate surface area is 317 Å². The van der Waals surface area contributed by atoms with Crippen molar-refractivity contribution < 1.29 is 4.42 Å². The lowest BCUT2D eigenvalue weighted by Gasteiger charge is -2.30. The van der Waals surface area contributed by atoms with Crippen LogP contribution in [0.5, 0.6) is 0 Å². The van der Waals surface area contributed by atoms with Crippen molar-refractivity contribution in [1.29, 1.82) is 0 Å². The van der Waals surface area contributed by atoms with Gasteiger partial charge in [0, 0.05) is 32.7 Å². The Bertz CT molecular complexity index is 3450. The summed E-state index contributed by atoms with van der Waals surface area (Å²) in [4.78, 5) is 0. The molecule has 2 aromatic heterocycles. The van der Waals surface area contributed by atoms with E-state index in [4.69, 9.17) is 4.42 Å². The Hall–Kier alpha value is -7.16. The molecule has 9 aromatic carbocycles. The van der Waals surface area contributed by atoms with Crippen molar-refractivity contribution in [1.82, 2.24) is 4.57 Å². The molecule has 1 spiro atoms. The van der Waals surface area contributed by atoms with E-state index in [2.05, 4.69) is 187 Å². The van der Waals surface area contributed by atoms with Crippen molar-refractivity contribution in [3.63, 3.8) is 0 Å². The van der Waals surface area contributed by atoms with Crippen LogP contribution in [0.25, 0.3) is 93.6 Å². The maximum Gasteiger partial charge on any atom is 0.143 e. The Kier molecular flexibility index (Phi) is 5.59. The van der Waals surface area contributed by atoms with E-state index in [0.717, 1.165) is 33.1 Å². The van der Waals surface area contributed by atoms with Gasteiger partial charge in [0.1, 0.15) is 11.2 Å². The summed E-state index contributed by atoms with van der Waals surface area (Å²) in [7, 11) is 0. The number of nitrogens with zero attached hydrogens (tertiary/aromatic N) is 1. The van der Waals surface area contributed by atoms with Gasteiger partial charge in [0.25, 0.3) is 0 Å². The fourth-order valence-electron chi connectivity index (χ4n) is 10.5. The molecule has 0 fully saturated rings. The summed E-state index contributed by atoms with van der Waals surface area (Å²) in [6.45, 7) is 0. The summed E-state index contributed by atoms with van der Waals surface area (Å²) in [6.07, 6.45) is 0. The SMILES string of the molecule is c1ccc2c(c1)-c1c(-n3c4ccccc4c4cc(-c5cccc6c5oc5ccccc56)ccc43)cccc1C21c2ccccc2-c2c1ccc1ccccc21. The van der Waals surface area contributed by atoms with Crippen molar-refractivity contribution in [2.75, 3.05) is 0 Å². The molecule has 0 radical (unpaired) electrons. The first-order valence-corrected chi connectivity index (χ1v) is 19.1. The van der Waals surface area contributed by atoms with Gasteiger partial charge in [-0.1, -0.05) is 158 Å². The Morgan fingerprint density at radius 3 is 1.87 bits per heavy atom. The molecule has 2 heteroatoms. The number of rotatable bonds is 2. The lowest BCUT2D eigenvalue weighted by atomic mass is 9.70. The summed E-state index contributed by atoms with van der Waals surface area (Å²) < 4.78 is 9.02. The van der Waals surface area contributed by atoms with E-state index in [1.165, 1.54) is 82.8 Å². The van der Waals surface area contributed by atoms with Gasteiger partial charge in [-0.15, -0.1) is 0 Å². The monoisotopic (exact) mass is 697 g/mol. The molecule has 55 heavy (non-hydrogen) atoms. The van der Waals surface area contributed by atoms with E-state index in [1.807, 2.05) is 6.07 Å². The largest absolute Gasteiger partial charge is 0.455 e. The number of aromatic nitrogens is 1. The van der Waals surface area contributed by atoms with Crippen LogP contribution >= 0.6 is 0 Å². The van der Waals surface area contributed by atoms with Gasteiger partial charge in [-0.25, -0.2) is 0 Å². The fourth-order valence-corrected chi connectivity index (χ4v) is 10.5. The van der Waals surface area contributed by atoms with Gasteiger partial charge >= 0.3 is 0 Å². The number of fused-ring (bicyclic) bond motifs is 18. The van der Waals surface area contributed by atoms with Crippen molar-refractivity contribution in [2.45, 2.75) is 5.41 Å². The molecule has 11 aromatic rings. The highest BCUT2D eigenvalue weighted by molar-refractivity contribution is 6.14. The second-order valence-corrected chi connectivity index (χ2v) is 15.1. The highest BCUT2D eigenvalue weighted by Gasteiger charge is 2.52. The normalized spacial score (nSPS) is 15.3. The highest BCUT2D eigenvalue weighted by atomic mass is 16.3. The lowest BCUT2D eigenvalue weighted by molar-refractivity contribution is 0.670. The molecule has 2 nitrogen and oxygen atoms in total. The van der Waals surface area contributed by atoms with E-state index in [1.54, 1.807) is 0 Å². The summed E-state index contributed by atoms with van der Waals surface area (Å²) >= 11 is 0. The van der Waals surface area contributed by atoms with Crippen LogP contribution in [0.4, 0.5) is 0 Å². The first-order valence-electron chi connectivity index (χ1n) is 19.1. The molecule has 2 aliphatic rings. The third-order valence-corrected chi connectivity index (χ3v) is 12.6. The summed E-state index contributed by atoms with van der Waals surface area (Å²) in [5.74, 6) is 0.